The van der Waals surface area contributed by atoms with Crippen molar-refractivity contribution in [3.63, 3.8) is 0 Å². The summed E-state index contributed by atoms with van der Waals surface area (Å²) >= 11 is 0. The van der Waals surface area contributed by atoms with Crippen molar-refractivity contribution in [1.82, 2.24) is 0 Å². The number of allylic oxidation sites excluding steroid dienone is 6. The predicted octanol–water partition coefficient (Wildman–Crippen LogP) is 23.9. The molecule has 0 amide bonds. The highest BCUT2D eigenvalue weighted by molar-refractivity contribution is 5.71. The maximum Gasteiger partial charge on any atom is 0.306 e. The van der Waals surface area contributed by atoms with E-state index < -0.39 is 6.10 Å². The summed E-state index contributed by atoms with van der Waals surface area (Å²) in [4.78, 5) is 38.3. The van der Waals surface area contributed by atoms with Crippen molar-refractivity contribution in [3.8, 4) is 0 Å². The molecule has 458 valence electrons. The van der Waals surface area contributed by atoms with E-state index in [9.17, 15) is 14.4 Å². The van der Waals surface area contributed by atoms with Gasteiger partial charge in [-0.05, 0) is 70.6 Å². The third kappa shape index (κ3) is 64.5. The van der Waals surface area contributed by atoms with Crippen LogP contribution in [0.15, 0.2) is 36.5 Å². The fourth-order valence-corrected chi connectivity index (χ4v) is 10.6. The smallest absolute Gasteiger partial charge is 0.306 e. The Morgan fingerprint density at radius 2 is 0.474 bits per heavy atom. The van der Waals surface area contributed by atoms with Crippen molar-refractivity contribution < 1.29 is 28.6 Å². The molecular formula is C72H134O6. The molecular weight excluding hydrogens is 961 g/mol. The first kappa shape index (κ1) is 75.6. The first-order valence-electron chi connectivity index (χ1n) is 35.0. The molecule has 0 fully saturated rings. The van der Waals surface area contributed by atoms with Gasteiger partial charge in [-0.2, -0.15) is 0 Å². The molecule has 0 bridgehead atoms. The zero-order valence-corrected chi connectivity index (χ0v) is 52.7. The summed E-state index contributed by atoms with van der Waals surface area (Å²) in [5, 5.41) is 0. The molecule has 0 spiro atoms. The van der Waals surface area contributed by atoms with Crippen LogP contribution in [-0.2, 0) is 28.6 Å². The van der Waals surface area contributed by atoms with E-state index in [0.717, 1.165) is 89.9 Å². The number of ether oxygens (including phenoxy) is 3. The molecule has 0 saturated carbocycles. The van der Waals surface area contributed by atoms with E-state index in [1.54, 1.807) is 0 Å². The largest absolute Gasteiger partial charge is 0.462 e. The number of carbonyl (C=O) groups is 3. The molecule has 1 unspecified atom stereocenters. The summed E-state index contributed by atoms with van der Waals surface area (Å²) < 4.78 is 16.9. The predicted molar refractivity (Wildman–Crippen MR) is 339 cm³/mol. The lowest BCUT2D eigenvalue weighted by atomic mass is 10.0. The highest BCUT2D eigenvalue weighted by atomic mass is 16.6. The van der Waals surface area contributed by atoms with Gasteiger partial charge in [-0.25, -0.2) is 0 Å². The number of rotatable bonds is 65. The highest BCUT2D eigenvalue weighted by Crippen LogP contribution is 2.19. The average Bonchev–Trinajstić information content (AvgIpc) is 3.44. The maximum atomic E-state index is 12.9. The fourth-order valence-electron chi connectivity index (χ4n) is 10.6. The Kier molecular flexibility index (Phi) is 65.1. The minimum Gasteiger partial charge on any atom is -0.462 e. The van der Waals surface area contributed by atoms with E-state index in [-0.39, 0.29) is 31.1 Å². The van der Waals surface area contributed by atoms with Crippen LogP contribution in [0.25, 0.3) is 0 Å². The molecule has 0 heterocycles. The maximum absolute atomic E-state index is 12.9. The Bertz CT molecular complexity index is 1300. The molecule has 0 aliphatic heterocycles. The van der Waals surface area contributed by atoms with Crippen LogP contribution in [0.4, 0.5) is 0 Å². The van der Waals surface area contributed by atoms with Crippen LogP contribution >= 0.6 is 0 Å². The standard InChI is InChI=1S/C72H134O6/c1-4-7-10-13-16-19-22-25-27-28-29-30-31-32-33-34-35-36-37-38-39-40-41-42-43-44-45-48-50-53-56-59-62-65-71(74)77-68-69(67-76-70(73)64-61-58-55-52-49-46-24-21-18-15-12-9-6-3)78-72(75)66-63-60-57-54-51-47-26-23-20-17-14-11-8-5-2/h14,17,21,23-24,26,69H,4-13,15-16,18-20,22,25,27-68H2,1-3H3/b17-14-,24-21-,26-23-. The first-order chi connectivity index (χ1) is 38.5. The second-order valence-corrected chi connectivity index (χ2v) is 23.8. The molecule has 0 aliphatic carbocycles. The van der Waals surface area contributed by atoms with Gasteiger partial charge in [0.05, 0.1) is 0 Å². The Labute approximate surface area is 486 Å². The molecule has 6 nitrogen and oxygen atoms in total. The minimum absolute atomic E-state index is 0.0766. The first-order valence-corrected chi connectivity index (χ1v) is 35.0. The Balaban J connectivity index is 4.06. The van der Waals surface area contributed by atoms with E-state index in [2.05, 4.69) is 57.2 Å². The average molecular weight is 1100 g/mol. The van der Waals surface area contributed by atoms with E-state index in [4.69, 9.17) is 14.2 Å². The topological polar surface area (TPSA) is 78.9 Å². The van der Waals surface area contributed by atoms with Crippen molar-refractivity contribution in [1.29, 1.82) is 0 Å². The Morgan fingerprint density at radius 3 is 0.769 bits per heavy atom. The van der Waals surface area contributed by atoms with E-state index in [1.807, 2.05) is 0 Å². The quantitative estimate of drug-likeness (QED) is 0.0261. The van der Waals surface area contributed by atoms with Gasteiger partial charge in [0, 0.05) is 19.3 Å². The zero-order chi connectivity index (χ0) is 56.4. The summed E-state index contributed by atoms with van der Waals surface area (Å²) in [7, 11) is 0. The van der Waals surface area contributed by atoms with Crippen LogP contribution in [-0.4, -0.2) is 37.2 Å². The normalized spacial score (nSPS) is 12.2. The van der Waals surface area contributed by atoms with Crippen molar-refractivity contribution in [2.45, 2.75) is 393 Å². The summed E-state index contributed by atoms with van der Waals surface area (Å²) in [5.74, 6) is -0.878. The van der Waals surface area contributed by atoms with E-state index in [1.165, 1.54) is 257 Å². The van der Waals surface area contributed by atoms with Crippen LogP contribution in [0.1, 0.15) is 387 Å². The van der Waals surface area contributed by atoms with Crippen LogP contribution in [0.2, 0.25) is 0 Å². The monoisotopic (exact) mass is 1100 g/mol. The number of carbonyl (C=O) groups excluding carboxylic acids is 3. The summed E-state index contributed by atoms with van der Waals surface area (Å²) in [6.45, 7) is 6.62. The van der Waals surface area contributed by atoms with Gasteiger partial charge in [-0.15, -0.1) is 0 Å². The van der Waals surface area contributed by atoms with Gasteiger partial charge in [0.1, 0.15) is 13.2 Å². The van der Waals surface area contributed by atoms with Gasteiger partial charge in [0.2, 0.25) is 0 Å². The van der Waals surface area contributed by atoms with Crippen LogP contribution in [0, 0.1) is 0 Å². The lowest BCUT2D eigenvalue weighted by molar-refractivity contribution is -0.167. The van der Waals surface area contributed by atoms with Gasteiger partial charge < -0.3 is 14.2 Å². The summed E-state index contributed by atoms with van der Waals surface area (Å²) in [6.07, 6.45) is 83.4. The molecule has 1 atom stereocenters. The van der Waals surface area contributed by atoms with Crippen LogP contribution in [0.3, 0.4) is 0 Å². The lowest BCUT2D eigenvalue weighted by Gasteiger charge is -2.18. The molecule has 78 heavy (non-hydrogen) atoms. The van der Waals surface area contributed by atoms with Gasteiger partial charge in [-0.3, -0.25) is 14.4 Å². The van der Waals surface area contributed by atoms with Gasteiger partial charge in [-0.1, -0.05) is 333 Å². The number of hydrogen-bond donors (Lipinski definition) is 0. The number of unbranched alkanes of at least 4 members (excludes halogenated alkanes) is 48. The Morgan fingerprint density at radius 1 is 0.256 bits per heavy atom. The lowest BCUT2D eigenvalue weighted by Crippen LogP contribution is -2.30. The van der Waals surface area contributed by atoms with Gasteiger partial charge in [0.25, 0.3) is 0 Å². The second kappa shape index (κ2) is 67.1. The molecule has 0 rings (SSSR count). The highest BCUT2D eigenvalue weighted by Gasteiger charge is 2.19. The SMILES string of the molecule is CCCC/C=C\C/C=C\CCCCCCCC(=O)OC(COC(=O)CCCCCCC/C=C\CCCCCC)COC(=O)CCCCCCCCCCCCCCCCCCCCCCCCCCCCCCCCCCC. The third-order valence-corrected chi connectivity index (χ3v) is 15.9. The number of hydrogen-bond acceptors (Lipinski definition) is 6. The molecule has 0 saturated heterocycles. The van der Waals surface area contributed by atoms with Crippen molar-refractivity contribution >= 4 is 17.9 Å². The van der Waals surface area contributed by atoms with Crippen molar-refractivity contribution in [3.05, 3.63) is 36.5 Å². The zero-order valence-electron chi connectivity index (χ0n) is 52.7. The van der Waals surface area contributed by atoms with Crippen LogP contribution < -0.4 is 0 Å². The minimum atomic E-state index is -0.781. The van der Waals surface area contributed by atoms with Gasteiger partial charge in [0.15, 0.2) is 6.10 Å². The summed E-state index contributed by atoms with van der Waals surface area (Å²) in [6, 6.07) is 0. The molecule has 0 aromatic rings. The fraction of sp³-hybridized carbons (Fsp3) is 0.875. The van der Waals surface area contributed by atoms with Crippen LogP contribution in [0.5, 0.6) is 0 Å². The van der Waals surface area contributed by atoms with Crippen molar-refractivity contribution in [2.24, 2.45) is 0 Å². The summed E-state index contributed by atoms with van der Waals surface area (Å²) in [5.41, 5.74) is 0. The van der Waals surface area contributed by atoms with Crippen molar-refractivity contribution in [2.75, 3.05) is 13.2 Å². The molecule has 0 aromatic carbocycles. The molecule has 6 heteroatoms. The van der Waals surface area contributed by atoms with E-state index >= 15 is 0 Å². The van der Waals surface area contributed by atoms with Gasteiger partial charge >= 0.3 is 17.9 Å². The molecule has 0 aromatic heterocycles. The Hall–Kier alpha value is -2.37. The van der Waals surface area contributed by atoms with E-state index in [0.29, 0.717) is 19.3 Å². The molecule has 0 aliphatic rings. The second-order valence-electron chi connectivity index (χ2n) is 23.8. The number of esters is 3. The molecule has 0 N–H and O–H groups in total. The molecule has 0 radical (unpaired) electrons. The third-order valence-electron chi connectivity index (χ3n) is 15.9.